The molecule has 1 atom stereocenters. The largest absolute Gasteiger partial charge is 0.348 e. The summed E-state index contributed by atoms with van der Waals surface area (Å²) < 4.78 is 1.71. The molecular formula is C17H19N5O. The molecule has 3 rings (SSSR count). The summed E-state index contributed by atoms with van der Waals surface area (Å²) in [5, 5.41) is 3.02. The van der Waals surface area contributed by atoms with Crippen molar-refractivity contribution in [2.24, 2.45) is 0 Å². The van der Waals surface area contributed by atoms with E-state index in [0.717, 1.165) is 11.3 Å². The Morgan fingerprint density at radius 1 is 1.26 bits per heavy atom. The summed E-state index contributed by atoms with van der Waals surface area (Å²) in [5.41, 5.74) is 3.32. The smallest absolute Gasteiger partial charge is 0.270 e. The van der Waals surface area contributed by atoms with E-state index in [1.165, 1.54) is 0 Å². The fraction of sp³-hybridized carbons (Fsp3) is 0.294. The number of pyridine rings is 1. The number of fused-ring (bicyclic) bond motifs is 1. The molecule has 0 spiro atoms. The van der Waals surface area contributed by atoms with Crippen molar-refractivity contribution < 1.29 is 4.79 Å². The summed E-state index contributed by atoms with van der Waals surface area (Å²) in [5.74, 6) is 0.382. The van der Waals surface area contributed by atoms with Gasteiger partial charge >= 0.3 is 0 Å². The number of amides is 1. The summed E-state index contributed by atoms with van der Waals surface area (Å²) in [4.78, 5) is 25.5. The van der Waals surface area contributed by atoms with Gasteiger partial charge in [0.2, 0.25) is 5.78 Å². The number of carbonyl (C=O) groups excluding carboxylic acids is 1. The van der Waals surface area contributed by atoms with Gasteiger partial charge in [0.1, 0.15) is 5.69 Å². The van der Waals surface area contributed by atoms with Crippen LogP contribution in [0.1, 0.15) is 34.4 Å². The highest BCUT2D eigenvalue weighted by Gasteiger charge is 2.19. The van der Waals surface area contributed by atoms with Crippen LogP contribution in [0.15, 0.2) is 36.8 Å². The van der Waals surface area contributed by atoms with E-state index in [1.807, 2.05) is 32.9 Å². The van der Waals surface area contributed by atoms with Gasteiger partial charge in [-0.05, 0) is 38.5 Å². The number of aryl methyl sites for hydroxylation is 2. The number of rotatable bonds is 4. The molecule has 0 bridgehead atoms. The number of hydrogen-bond donors (Lipinski definition) is 1. The van der Waals surface area contributed by atoms with E-state index >= 15 is 0 Å². The Bertz CT molecular complexity index is 855. The minimum absolute atomic E-state index is 0.0299. The van der Waals surface area contributed by atoms with Gasteiger partial charge in [-0.2, -0.15) is 0 Å². The maximum absolute atomic E-state index is 12.6. The quantitative estimate of drug-likeness (QED) is 0.801. The van der Waals surface area contributed by atoms with Crippen LogP contribution in [0.25, 0.3) is 5.78 Å². The first-order valence-electron chi connectivity index (χ1n) is 7.57. The summed E-state index contributed by atoms with van der Waals surface area (Å²) in [6.07, 6.45) is 5.92. The SMILES string of the molecule is Cc1cccnc1C[C@@H](C)NC(=O)c1c(C)nc2ncccn12. The minimum Gasteiger partial charge on any atom is -0.348 e. The second-order valence-electron chi connectivity index (χ2n) is 5.68. The molecular weight excluding hydrogens is 290 g/mol. The van der Waals surface area contributed by atoms with Crippen LogP contribution in [0.5, 0.6) is 0 Å². The standard InChI is InChI=1S/C17H19N5O/c1-11-6-4-7-18-14(11)10-12(2)20-16(23)15-13(3)21-17-19-8-5-9-22(15)17/h4-9,12H,10H2,1-3H3,(H,20,23)/t12-/m1/s1. The first-order valence-corrected chi connectivity index (χ1v) is 7.57. The van der Waals surface area contributed by atoms with Crippen molar-refractivity contribution in [1.29, 1.82) is 0 Å². The zero-order valence-electron chi connectivity index (χ0n) is 13.4. The molecule has 0 aliphatic rings. The normalized spacial score (nSPS) is 12.3. The summed E-state index contributed by atoms with van der Waals surface area (Å²) in [7, 11) is 0. The molecule has 0 aliphatic carbocycles. The third kappa shape index (κ3) is 3.06. The molecule has 1 N–H and O–H groups in total. The summed E-state index contributed by atoms with van der Waals surface area (Å²) >= 11 is 0. The van der Waals surface area contributed by atoms with Gasteiger partial charge in [0.25, 0.3) is 5.91 Å². The molecule has 3 heterocycles. The predicted molar refractivity (Wildman–Crippen MR) is 87.3 cm³/mol. The average Bonchev–Trinajstić information content (AvgIpc) is 2.85. The Kier molecular flexibility index (Phi) is 4.06. The highest BCUT2D eigenvalue weighted by atomic mass is 16.2. The summed E-state index contributed by atoms with van der Waals surface area (Å²) in [6.45, 7) is 5.82. The van der Waals surface area contributed by atoms with Gasteiger partial charge in [0.15, 0.2) is 0 Å². The predicted octanol–water partition coefficient (Wildman–Crippen LogP) is 2.10. The highest BCUT2D eigenvalue weighted by molar-refractivity contribution is 5.94. The molecule has 6 heteroatoms. The van der Waals surface area contributed by atoms with Crippen LogP contribution in [-0.4, -0.2) is 31.3 Å². The van der Waals surface area contributed by atoms with E-state index in [-0.39, 0.29) is 11.9 Å². The van der Waals surface area contributed by atoms with Crippen molar-refractivity contribution in [3.8, 4) is 0 Å². The van der Waals surface area contributed by atoms with Crippen molar-refractivity contribution in [3.63, 3.8) is 0 Å². The van der Waals surface area contributed by atoms with Crippen LogP contribution < -0.4 is 5.32 Å². The molecule has 0 fully saturated rings. The molecule has 6 nitrogen and oxygen atoms in total. The Labute approximate surface area is 134 Å². The molecule has 0 saturated heterocycles. The van der Waals surface area contributed by atoms with Crippen molar-refractivity contribution in [2.75, 3.05) is 0 Å². The number of nitrogens with one attached hydrogen (secondary N) is 1. The van der Waals surface area contributed by atoms with Crippen LogP contribution in [0.2, 0.25) is 0 Å². The zero-order valence-corrected chi connectivity index (χ0v) is 13.4. The molecule has 0 saturated carbocycles. The maximum atomic E-state index is 12.6. The van der Waals surface area contributed by atoms with Crippen LogP contribution in [0.3, 0.4) is 0 Å². The number of aromatic nitrogens is 4. The Morgan fingerprint density at radius 2 is 2.04 bits per heavy atom. The average molecular weight is 309 g/mol. The van der Waals surface area contributed by atoms with Crippen molar-refractivity contribution in [2.45, 2.75) is 33.2 Å². The molecule has 3 aromatic rings. The lowest BCUT2D eigenvalue weighted by Gasteiger charge is -2.14. The van der Waals surface area contributed by atoms with E-state index in [2.05, 4.69) is 20.3 Å². The summed E-state index contributed by atoms with van der Waals surface area (Å²) in [6, 6.07) is 5.69. The monoisotopic (exact) mass is 309 g/mol. The number of imidazole rings is 1. The molecule has 1 amide bonds. The topological polar surface area (TPSA) is 72.2 Å². The van der Waals surface area contributed by atoms with Crippen LogP contribution in [0, 0.1) is 13.8 Å². The van der Waals surface area contributed by atoms with Gasteiger partial charge < -0.3 is 5.32 Å². The Morgan fingerprint density at radius 3 is 2.83 bits per heavy atom. The van der Waals surface area contributed by atoms with Crippen LogP contribution in [-0.2, 0) is 6.42 Å². The van der Waals surface area contributed by atoms with Gasteiger partial charge in [-0.25, -0.2) is 9.97 Å². The van der Waals surface area contributed by atoms with Gasteiger partial charge in [0.05, 0.1) is 5.69 Å². The minimum atomic E-state index is -0.149. The van der Waals surface area contributed by atoms with Crippen molar-refractivity contribution in [3.05, 3.63) is 59.4 Å². The van der Waals surface area contributed by atoms with E-state index in [0.29, 0.717) is 23.6 Å². The Hall–Kier alpha value is -2.76. The molecule has 0 aliphatic heterocycles. The van der Waals surface area contributed by atoms with Gasteiger partial charge in [-0.1, -0.05) is 6.07 Å². The third-order valence-corrected chi connectivity index (χ3v) is 3.79. The van der Waals surface area contributed by atoms with E-state index < -0.39 is 0 Å². The molecule has 0 unspecified atom stereocenters. The van der Waals surface area contributed by atoms with Crippen LogP contribution >= 0.6 is 0 Å². The lowest BCUT2D eigenvalue weighted by Crippen LogP contribution is -2.35. The van der Waals surface area contributed by atoms with E-state index in [1.54, 1.807) is 29.1 Å². The first kappa shape index (κ1) is 15.1. The fourth-order valence-corrected chi connectivity index (χ4v) is 2.64. The fourth-order valence-electron chi connectivity index (χ4n) is 2.64. The number of carbonyl (C=O) groups is 1. The first-order chi connectivity index (χ1) is 11.1. The lowest BCUT2D eigenvalue weighted by molar-refractivity contribution is 0.0933. The van der Waals surface area contributed by atoms with Gasteiger partial charge in [-0.3, -0.25) is 14.2 Å². The maximum Gasteiger partial charge on any atom is 0.270 e. The van der Waals surface area contributed by atoms with E-state index in [9.17, 15) is 4.79 Å². The van der Waals surface area contributed by atoms with Crippen molar-refractivity contribution >= 4 is 11.7 Å². The third-order valence-electron chi connectivity index (χ3n) is 3.79. The zero-order chi connectivity index (χ0) is 16.4. The highest BCUT2D eigenvalue weighted by Crippen LogP contribution is 2.11. The molecule has 118 valence electrons. The number of hydrogen-bond acceptors (Lipinski definition) is 4. The molecule has 3 aromatic heterocycles. The second-order valence-corrected chi connectivity index (χ2v) is 5.68. The lowest BCUT2D eigenvalue weighted by atomic mass is 10.1. The van der Waals surface area contributed by atoms with Crippen molar-refractivity contribution in [1.82, 2.24) is 24.7 Å². The molecule has 0 radical (unpaired) electrons. The molecule has 0 aromatic carbocycles. The van der Waals surface area contributed by atoms with E-state index in [4.69, 9.17) is 0 Å². The Balaban J connectivity index is 1.78. The second kappa shape index (κ2) is 6.16. The molecule has 23 heavy (non-hydrogen) atoms. The van der Waals surface area contributed by atoms with Gasteiger partial charge in [0, 0.05) is 36.7 Å². The van der Waals surface area contributed by atoms with Gasteiger partial charge in [-0.15, -0.1) is 0 Å². The van der Waals surface area contributed by atoms with Crippen LogP contribution in [0.4, 0.5) is 0 Å². The number of nitrogens with zero attached hydrogens (tertiary/aromatic N) is 4.